The largest absolute Gasteiger partial charge is 0.295 e. The highest BCUT2D eigenvalue weighted by atomic mass is 16.2. The lowest BCUT2D eigenvalue weighted by molar-refractivity contribution is -0.130. The van der Waals surface area contributed by atoms with Crippen LogP contribution in [0.4, 0.5) is 0 Å². The number of rotatable bonds is 5. The van der Waals surface area contributed by atoms with Crippen LogP contribution in [0, 0.1) is 0 Å². The first-order valence-electron chi connectivity index (χ1n) is 5.89. The van der Waals surface area contributed by atoms with Crippen molar-refractivity contribution < 1.29 is 9.59 Å². The van der Waals surface area contributed by atoms with Gasteiger partial charge in [-0.2, -0.15) is 0 Å². The molecule has 0 radical (unpaired) electrons. The van der Waals surface area contributed by atoms with E-state index < -0.39 is 0 Å². The molecule has 18 heavy (non-hydrogen) atoms. The lowest BCUT2D eigenvalue weighted by atomic mass is 9.89. The Kier molecular flexibility index (Phi) is 4.02. The summed E-state index contributed by atoms with van der Waals surface area (Å²) in [5.74, 6) is -0.754. The molecule has 1 atom stereocenters. The normalized spacial score (nSPS) is 11.8. The lowest BCUT2D eigenvalue weighted by Crippen LogP contribution is -2.16. The smallest absolute Gasteiger partial charge is 0.202 e. The maximum Gasteiger partial charge on any atom is 0.202 e. The molecule has 2 aromatic carbocycles. The highest BCUT2D eigenvalue weighted by molar-refractivity contribution is 6.27. The van der Waals surface area contributed by atoms with Gasteiger partial charge in [-0.15, -0.1) is 0 Å². The van der Waals surface area contributed by atoms with Crippen molar-refractivity contribution in [3.63, 3.8) is 0 Å². The molecule has 0 heterocycles. The number of hydrogen-bond donors (Lipinski definition) is 0. The van der Waals surface area contributed by atoms with E-state index in [-0.39, 0.29) is 11.7 Å². The van der Waals surface area contributed by atoms with Crippen molar-refractivity contribution in [2.24, 2.45) is 0 Å². The summed E-state index contributed by atoms with van der Waals surface area (Å²) in [6.45, 7) is 0. The Morgan fingerprint density at radius 3 is 2.06 bits per heavy atom. The summed E-state index contributed by atoms with van der Waals surface area (Å²) in [5, 5.41) is 0. The molecule has 2 heteroatoms. The topological polar surface area (TPSA) is 34.1 Å². The van der Waals surface area contributed by atoms with Gasteiger partial charge in [0.1, 0.15) is 0 Å². The van der Waals surface area contributed by atoms with Crippen molar-refractivity contribution in [2.75, 3.05) is 0 Å². The molecule has 2 rings (SSSR count). The van der Waals surface area contributed by atoms with Gasteiger partial charge in [-0.25, -0.2) is 0 Å². The van der Waals surface area contributed by atoms with Crippen LogP contribution in [0.1, 0.15) is 17.0 Å². The molecule has 2 aromatic rings. The highest BCUT2D eigenvalue weighted by Gasteiger charge is 2.19. The maximum absolute atomic E-state index is 11.7. The van der Waals surface area contributed by atoms with Gasteiger partial charge in [0.25, 0.3) is 0 Å². The Bertz CT molecular complexity index is 517. The summed E-state index contributed by atoms with van der Waals surface area (Å²) in [6.07, 6.45) is 0.975. The third-order valence-corrected chi connectivity index (χ3v) is 2.94. The van der Waals surface area contributed by atoms with Crippen LogP contribution in [0.3, 0.4) is 0 Å². The van der Waals surface area contributed by atoms with E-state index in [9.17, 15) is 9.59 Å². The Morgan fingerprint density at radius 1 is 0.944 bits per heavy atom. The Morgan fingerprint density at radius 2 is 1.50 bits per heavy atom. The minimum Gasteiger partial charge on any atom is -0.295 e. The minimum atomic E-state index is -0.383. The third kappa shape index (κ3) is 2.92. The number of ketones is 1. The van der Waals surface area contributed by atoms with Gasteiger partial charge >= 0.3 is 0 Å². The van der Waals surface area contributed by atoms with Gasteiger partial charge in [-0.1, -0.05) is 60.7 Å². The van der Waals surface area contributed by atoms with Crippen LogP contribution in [0.5, 0.6) is 0 Å². The molecular weight excluding hydrogens is 224 g/mol. The van der Waals surface area contributed by atoms with E-state index in [1.807, 2.05) is 60.7 Å². The van der Waals surface area contributed by atoms with E-state index >= 15 is 0 Å². The van der Waals surface area contributed by atoms with Gasteiger partial charge in [-0.3, -0.25) is 9.59 Å². The van der Waals surface area contributed by atoms with Crippen molar-refractivity contribution in [3.8, 4) is 0 Å². The minimum absolute atomic E-state index is 0.370. The first-order chi connectivity index (χ1) is 8.81. The third-order valence-electron chi connectivity index (χ3n) is 2.94. The molecular formula is C16H14O2. The average molecular weight is 238 g/mol. The van der Waals surface area contributed by atoms with Crippen molar-refractivity contribution >= 4 is 12.1 Å². The maximum atomic E-state index is 11.7. The predicted octanol–water partition coefficient (Wildman–Crippen LogP) is 2.78. The Hall–Kier alpha value is -2.22. The molecule has 1 unspecified atom stereocenters. The Balaban J connectivity index is 2.27. The molecule has 0 aliphatic rings. The molecule has 2 nitrogen and oxygen atoms in total. The fourth-order valence-electron chi connectivity index (χ4n) is 2.00. The monoisotopic (exact) mass is 238 g/mol. The van der Waals surface area contributed by atoms with Crippen LogP contribution in [-0.2, 0) is 16.0 Å². The van der Waals surface area contributed by atoms with Crippen LogP contribution in [0.25, 0.3) is 0 Å². The first kappa shape index (κ1) is 12.2. The van der Waals surface area contributed by atoms with E-state index in [0.29, 0.717) is 12.7 Å². The number of aldehydes is 1. The summed E-state index contributed by atoms with van der Waals surface area (Å²) in [7, 11) is 0. The second kappa shape index (κ2) is 5.92. The van der Waals surface area contributed by atoms with Gasteiger partial charge in [0.2, 0.25) is 5.78 Å². The number of hydrogen-bond acceptors (Lipinski definition) is 2. The summed E-state index contributed by atoms with van der Waals surface area (Å²) in [6, 6.07) is 19.2. The van der Waals surface area contributed by atoms with Crippen LogP contribution < -0.4 is 0 Å². The molecule has 0 N–H and O–H groups in total. The van der Waals surface area contributed by atoms with Crippen molar-refractivity contribution in [2.45, 2.75) is 12.3 Å². The second-order valence-electron chi connectivity index (χ2n) is 4.17. The molecule has 0 saturated heterocycles. The fraction of sp³-hybridized carbons (Fsp3) is 0.125. The quantitative estimate of drug-likeness (QED) is 0.593. The predicted molar refractivity (Wildman–Crippen MR) is 70.4 cm³/mol. The Labute approximate surface area is 106 Å². The van der Waals surface area contributed by atoms with Gasteiger partial charge in [0, 0.05) is 0 Å². The van der Waals surface area contributed by atoms with Crippen LogP contribution >= 0.6 is 0 Å². The zero-order chi connectivity index (χ0) is 12.8. The molecule has 0 aliphatic heterocycles. The zero-order valence-electron chi connectivity index (χ0n) is 9.95. The van der Waals surface area contributed by atoms with Gasteiger partial charge in [0.05, 0.1) is 5.92 Å². The van der Waals surface area contributed by atoms with Gasteiger partial charge < -0.3 is 0 Å². The number of carbonyl (C=O) groups excluding carboxylic acids is 2. The molecule has 0 spiro atoms. The lowest BCUT2D eigenvalue weighted by Gasteiger charge is -2.13. The molecule has 0 aromatic heterocycles. The fourth-order valence-corrected chi connectivity index (χ4v) is 2.00. The number of carbonyl (C=O) groups is 2. The molecule has 0 fully saturated rings. The second-order valence-corrected chi connectivity index (χ2v) is 4.17. The van der Waals surface area contributed by atoms with E-state index in [2.05, 4.69) is 0 Å². The van der Waals surface area contributed by atoms with Crippen LogP contribution in [-0.4, -0.2) is 12.1 Å². The standard InChI is InChI=1S/C16H14O2/c17-12-16(18)15(14-9-5-2-6-10-14)11-13-7-3-1-4-8-13/h1-10,12,15H,11H2. The molecule has 0 saturated carbocycles. The summed E-state index contributed by atoms with van der Waals surface area (Å²) >= 11 is 0. The molecule has 0 aliphatic carbocycles. The van der Waals surface area contributed by atoms with Crippen LogP contribution in [0.2, 0.25) is 0 Å². The number of benzene rings is 2. The molecule has 90 valence electrons. The molecule has 0 amide bonds. The van der Waals surface area contributed by atoms with Gasteiger partial charge in [-0.05, 0) is 17.5 Å². The highest BCUT2D eigenvalue weighted by Crippen LogP contribution is 2.21. The van der Waals surface area contributed by atoms with E-state index in [1.54, 1.807) is 0 Å². The van der Waals surface area contributed by atoms with Gasteiger partial charge in [0.15, 0.2) is 6.29 Å². The SMILES string of the molecule is O=CC(=O)C(Cc1ccccc1)c1ccccc1. The van der Waals surface area contributed by atoms with E-state index in [0.717, 1.165) is 11.1 Å². The molecule has 0 bridgehead atoms. The summed E-state index contributed by atoms with van der Waals surface area (Å²) in [4.78, 5) is 22.5. The first-order valence-corrected chi connectivity index (χ1v) is 5.89. The van der Waals surface area contributed by atoms with Crippen LogP contribution in [0.15, 0.2) is 60.7 Å². The number of Topliss-reactive ketones (excluding diaryl/α,β-unsaturated/α-hetero) is 1. The summed E-state index contributed by atoms with van der Waals surface area (Å²) < 4.78 is 0. The van der Waals surface area contributed by atoms with Crippen molar-refractivity contribution in [3.05, 3.63) is 71.8 Å². The van der Waals surface area contributed by atoms with Crippen molar-refractivity contribution in [1.82, 2.24) is 0 Å². The zero-order valence-corrected chi connectivity index (χ0v) is 9.95. The average Bonchev–Trinajstić information content (AvgIpc) is 2.46. The summed E-state index contributed by atoms with van der Waals surface area (Å²) in [5.41, 5.74) is 1.94. The van der Waals surface area contributed by atoms with E-state index in [4.69, 9.17) is 0 Å². The van der Waals surface area contributed by atoms with E-state index in [1.165, 1.54) is 0 Å². The van der Waals surface area contributed by atoms with Crippen molar-refractivity contribution in [1.29, 1.82) is 0 Å².